The highest BCUT2D eigenvalue weighted by atomic mass is 16.6. The summed E-state index contributed by atoms with van der Waals surface area (Å²) in [4.78, 5) is 11.9. The van der Waals surface area contributed by atoms with Gasteiger partial charge in [0.1, 0.15) is 5.60 Å². The SMILES string of the molecule is Cc1nn(C)cc1C(O)C(C)C(=O)OC(C)(C)C. The van der Waals surface area contributed by atoms with Crippen LogP contribution in [0.15, 0.2) is 6.20 Å². The van der Waals surface area contributed by atoms with Crippen LogP contribution in [-0.2, 0) is 16.6 Å². The van der Waals surface area contributed by atoms with Crippen molar-refractivity contribution in [3.63, 3.8) is 0 Å². The minimum Gasteiger partial charge on any atom is -0.460 e. The normalized spacial score (nSPS) is 15.3. The van der Waals surface area contributed by atoms with Crippen LogP contribution >= 0.6 is 0 Å². The number of aromatic nitrogens is 2. The average molecular weight is 254 g/mol. The third-order valence-electron chi connectivity index (χ3n) is 2.62. The number of hydrogen-bond donors (Lipinski definition) is 1. The van der Waals surface area contributed by atoms with E-state index in [-0.39, 0.29) is 0 Å². The maximum atomic E-state index is 11.9. The molecule has 18 heavy (non-hydrogen) atoms. The van der Waals surface area contributed by atoms with E-state index in [0.29, 0.717) is 5.56 Å². The molecule has 0 aromatic carbocycles. The number of carbonyl (C=O) groups is 1. The van der Waals surface area contributed by atoms with Crippen molar-refractivity contribution in [3.8, 4) is 0 Å². The van der Waals surface area contributed by atoms with Crippen molar-refractivity contribution in [2.45, 2.75) is 46.3 Å². The second-order valence-electron chi connectivity index (χ2n) is 5.61. The average Bonchev–Trinajstić information content (AvgIpc) is 2.53. The number of aliphatic hydroxyl groups is 1. The Morgan fingerprint density at radius 3 is 2.44 bits per heavy atom. The molecule has 1 aromatic heterocycles. The monoisotopic (exact) mass is 254 g/mol. The third kappa shape index (κ3) is 3.57. The Bertz CT molecular complexity index is 432. The predicted molar refractivity (Wildman–Crippen MR) is 67.9 cm³/mol. The van der Waals surface area contributed by atoms with Crippen LogP contribution in [0.25, 0.3) is 0 Å². The van der Waals surface area contributed by atoms with Gasteiger partial charge in [0, 0.05) is 18.8 Å². The maximum absolute atomic E-state index is 11.9. The van der Waals surface area contributed by atoms with Gasteiger partial charge in [-0.3, -0.25) is 9.48 Å². The first-order valence-corrected chi connectivity index (χ1v) is 6.03. The van der Waals surface area contributed by atoms with E-state index in [9.17, 15) is 9.90 Å². The van der Waals surface area contributed by atoms with Crippen molar-refractivity contribution >= 4 is 5.97 Å². The van der Waals surface area contributed by atoms with E-state index in [4.69, 9.17) is 4.74 Å². The molecule has 1 heterocycles. The zero-order valence-corrected chi connectivity index (χ0v) is 11.9. The van der Waals surface area contributed by atoms with Crippen LogP contribution in [0.3, 0.4) is 0 Å². The first kappa shape index (κ1) is 14.7. The Balaban J connectivity index is 2.81. The van der Waals surface area contributed by atoms with Gasteiger partial charge >= 0.3 is 5.97 Å². The van der Waals surface area contributed by atoms with Crippen LogP contribution in [0.1, 0.15) is 45.1 Å². The molecule has 0 aliphatic carbocycles. The van der Waals surface area contributed by atoms with Gasteiger partial charge in [-0.2, -0.15) is 5.10 Å². The van der Waals surface area contributed by atoms with Crippen LogP contribution < -0.4 is 0 Å². The van der Waals surface area contributed by atoms with Crippen LogP contribution in [0.2, 0.25) is 0 Å². The van der Waals surface area contributed by atoms with E-state index < -0.39 is 23.6 Å². The zero-order valence-electron chi connectivity index (χ0n) is 11.9. The minimum absolute atomic E-state index is 0.404. The molecule has 5 nitrogen and oxygen atoms in total. The Morgan fingerprint density at radius 2 is 2.06 bits per heavy atom. The molecule has 0 bridgehead atoms. The first-order chi connectivity index (χ1) is 8.11. The summed E-state index contributed by atoms with van der Waals surface area (Å²) in [6.45, 7) is 8.88. The Hall–Kier alpha value is -1.36. The molecule has 2 unspecified atom stereocenters. The molecule has 0 spiro atoms. The van der Waals surface area contributed by atoms with E-state index in [1.165, 1.54) is 0 Å². The molecule has 102 valence electrons. The lowest BCUT2D eigenvalue weighted by Gasteiger charge is -2.24. The third-order valence-corrected chi connectivity index (χ3v) is 2.62. The molecule has 0 radical (unpaired) electrons. The number of esters is 1. The summed E-state index contributed by atoms with van der Waals surface area (Å²) < 4.78 is 6.88. The fourth-order valence-corrected chi connectivity index (χ4v) is 1.70. The largest absolute Gasteiger partial charge is 0.460 e. The zero-order chi connectivity index (χ0) is 14.1. The molecule has 1 rings (SSSR count). The highest BCUT2D eigenvalue weighted by molar-refractivity contribution is 5.73. The smallest absolute Gasteiger partial charge is 0.312 e. The molecule has 1 N–H and O–H groups in total. The summed E-state index contributed by atoms with van der Waals surface area (Å²) >= 11 is 0. The molecular formula is C13H22N2O3. The standard InChI is InChI=1S/C13H22N2O3/c1-8(12(17)18-13(3,4)5)11(16)10-7-15(6)14-9(10)2/h7-8,11,16H,1-6H3. The fourth-order valence-electron chi connectivity index (χ4n) is 1.70. The highest BCUT2D eigenvalue weighted by Gasteiger charge is 2.30. The number of aryl methyl sites for hydroxylation is 2. The lowest BCUT2D eigenvalue weighted by molar-refractivity contribution is -0.163. The molecule has 0 aliphatic heterocycles. The summed E-state index contributed by atoms with van der Waals surface area (Å²) in [5.41, 5.74) is 0.839. The van der Waals surface area contributed by atoms with Gasteiger partial charge in [0.2, 0.25) is 0 Å². The van der Waals surface area contributed by atoms with Gasteiger partial charge in [0.25, 0.3) is 0 Å². The van der Waals surface area contributed by atoms with E-state index in [1.54, 1.807) is 52.5 Å². The number of hydrogen-bond acceptors (Lipinski definition) is 4. The Kier molecular flexibility index (Phi) is 4.16. The maximum Gasteiger partial charge on any atom is 0.312 e. The highest BCUT2D eigenvalue weighted by Crippen LogP contribution is 2.26. The number of carbonyl (C=O) groups excluding carboxylic acids is 1. The van der Waals surface area contributed by atoms with Gasteiger partial charge in [-0.1, -0.05) is 0 Å². The molecular weight excluding hydrogens is 232 g/mol. The lowest BCUT2D eigenvalue weighted by atomic mass is 9.98. The van der Waals surface area contributed by atoms with Crippen molar-refractivity contribution < 1.29 is 14.6 Å². The molecule has 0 aliphatic rings. The molecule has 1 aromatic rings. The fraction of sp³-hybridized carbons (Fsp3) is 0.692. The first-order valence-electron chi connectivity index (χ1n) is 6.03. The number of rotatable bonds is 3. The van der Waals surface area contributed by atoms with Gasteiger partial charge in [-0.05, 0) is 34.6 Å². The van der Waals surface area contributed by atoms with Crippen LogP contribution in [0, 0.1) is 12.8 Å². The summed E-state index contributed by atoms with van der Waals surface area (Å²) in [5.74, 6) is -1.02. The second kappa shape index (κ2) is 5.10. The van der Waals surface area contributed by atoms with Gasteiger partial charge < -0.3 is 9.84 Å². The minimum atomic E-state index is -0.895. The quantitative estimate of drug-likeness (QED) is 0.834. The molecule has 5 heteroatoms. The Morgan fingerprint density at radius 1 is 1.50 bits per heavy atom. The van der Waals surface area contributed by atoms with Crippen molar-refractivity contribution in [1.82, 2.24) is 9.78 Å². The lowest BCUT2D eigenvalue weighted by Crippen LogP contribution is -2.30. The molecule has 0 fully saturated rings. The van der Waals surface area contributed by atoms with Crippen LogP contribution in [0.5, 0.6) is 0 Å². The van der Waals surface area contributed by atoms with Crippen molar-refractivity contribution in [1.29, 1.82) is 0 Å². The summed E-state index contributed by atoms with van der Waals surface area (Å²) in [5, 5.41) is 14.3. The van der Waals surface area contributed by atoms with E-state index >= 15 is 0 Å². The van der Waals surface area contributed by atoms with E-state index in [0.717, 1.165) is 5.69 Å². The van der Waals surface area contributed by atoms with Crippen LogP contribution in [0.4, 0.5) is 0 Å². The van der Waals surface area contributed by atoms with E-state index in [2.05, 4.69) is 5.10 Å². The van der Waals surface area contributed by atoms with Gasteiger partial charge in [0.15, 0.2) is 0 Å². The molecule has 0 saturated heterocycles. The van der Waals surface area contributed by atoms with Gasteiger partial charge in [-0.15, -0.1) is 0 Å². The molecule has 0 saturated carbocycles. The number of aliphatic hydroxyl groups excluding tert-OH is 1. The number of nitrogens with zero attached hydrogens (tertiary/aromatic N) is 2. The predicted octanol–water partition coefficient (Wildman–Crippen LogP) is 1.74. The molecule has 2 atom stereocenters. The molecule has 0 amide bonds. The number of ether oxygens (including phenoxy) is 1. The Labute approximate surface area is 108 Å². The van der Waals surface area contributed by atoms with Crippen LogP contribution in [-0.4, -0.2) is 26.5 Å². The van der Waals surface area contributed by atoms with Crippen molar-refractivity contribution in [2.75, 3.05) is 0 Å². The summed E-state index contributed by atoms with van der Waals surface area (Å²) in [6, 6.07) is 0. The summed E-state index contributed by atoms with van der Waals surface area (Å²) in [6.07, 6.45) is 0.828. The van der Waals surface area contributed by atoms with E-state index in [1.807, 2.05) is 0 Å². The summed E-state index contributed by atoms with van der Waals surface area (Å²) in [7, 11) is 1.78. The van der Waals surface area contributed by atoms with Crippen molar-refractivity contribution in [2.24, 2.45) is 13.0 Å². The topological polar surface area (TPSA) is 64.3 Å². The van der Waals surface area contributed by atoms with Crippen molar-refractivity contribution in [3.05, 3.63) is 17.5 Å². The second-order valence-corrected chi connectivity index (χ2v) is 5.61. The van der Waals surface area contributed by atoms with Gasteiger partial charge in [0.05, 0.1) is 17.7 Å². The van der Waals surface area contributed by atoms with Gasteiger partial charge in [-0.25, -0.2) is 0 Å².